The van der Waals surface area contributed by atoms with Gasteiger partial charge in [0, 0.05) is 24.0 Å². The van der Waals surface area contributed by atoms with Crippen molar-refractivity contribution in [1.29, 1.82) is 0 Å². The molecule has 1 atom stereocenters. The number of nitrogens with two attached hydrogens (primary N) is 2. The predicted molar refractivity (Wildman–Crippen MR) is 143 cm³/mol. The van der Waals surface area contributed by atoms with Gasteiger partial charge in [-0.2, -0.15) is 0 Å². The second-order valence-corrected chi connectivity index (χ2v) is 10.6. The third-order valence-electron chi connectivity index (χ3n) is 6.73. The van der Waals surface area contributed by atoms with E-state index < -0.39 is 5.54 Å². The summed E-state index contributed by atoms with van der Waals surface area (Å²) in [5.74, 6) is 0.0362. The third kappa shape index (κ3) is 4.50. The smallest absolute Gasteiger partial charge is 0.183 e. The molecule has 1 saturated heterocycles. The molecule has 0 aliphatic carbocycles. The number of piperidine rings is 1. The van der Waals surface area contributed by atoms with Crippen molar-refractivity contribution in [2.24, 2.45) is 5.73 Å². The van der Waals surface area contributed by atoms with E-state index in [4.69, 9.17) is 28.1 Å². The standard InChI is InChI=1S/C25H23ClFN9S/c26-24-34-20(11-37-24)25(29)6-1-7-35(12-25)19-9-30-18(15-2-4-17(27)5-3-15)8-16(19)10-36-14-33-21-22(28)31-13-32-23(21)36/h2-5,8-9,11,13-14H,1,6-7,10,12,29H2,(H2,28,31,32). The topological polar surface area (TPSA) is 125 Å². The molecule has 1 aliphatic rings. The Kier molecular flexibility index (Phi) is 5.98. The van der Waals surface area contributed by atoms with Crippen molar-refractivity contribution in [3.63, 3.8) is 0 Å². The number of thiazole rings is 1. The van der Waals surface area contributed by atoms with Gasteiger partial charge in [0.25, 0.3) is 0 Å². The quantitative estimate of drug-likeness (QED) is 0.342. The summed E-state index contributed by atoms with van der Waals surface area (Å²) in [6, 6.07) is 8.32. The van der Waals surface area contributed by atoms with Crippen LogP contribution >= 0.6 is 22.9 Å². The number of nitrogen functional groups attached to an aromatic ring is 1. The number of benzene rings is 1. The van der Waals surface area contributed by atoms with E-state index in [0.717, 1.165) is 47.6 Å². The minimum Gasteiger partial charge on any atom is -0.382 e. The lowest BCUT2D eigenvalue weighted by Crippen LogP contribution is -2.52. The first kappa shape index (κ1) is 23.7. The van der Waals surface area contributed by atoms with Gasteiger partial charge >= 0.3 is 0 Å². The molecule has 1 unspecified atom stereocenters. The van der Waals surface area contributed by atoms with Crippen LogP contribution in [0.1, 0.15) is 24.1 Å². The fourth-order valence-corrected chi connectivity index (χ4v) is 5.73. The van der Waals surface area contributed by atoms with Gasteiger partial charge in [0.05, 0.1) is 41.7 Å². The number of fused-ring (bicyclic) bond motifs is 1. The van der Waals surface area contributed by atoms with Gasteiger partial charge in [-0.3, -0.25) is 4.98 Å². The van der Waals surface area contributed by atoms with Gasteiger partial charge in [-0.15, -0.1) is 11.3 Å². The Morgan fingerprint density at radius 2 is 1.97 bits per heavy atom. The Hall–Kier alpha value is -3.67. The molecule has 12 heteroatoms. The second kappa shape index (κ2) is 9.33. The summed E-state index contributed by atoms with van der Waals surface area (Å²) in [4.78, 5) is 24.3. The lowest BCUT2D eigenvalue weighted by Gasteiger charge is -2.41. The summed E-state index contributed by atoms with van der Waals surface area (Å²) in [6.45, 7) is 1.86. The van der Waals surface area contributed by atoms with Crippen LogP contribution in [0.2, 0.25) is 4.47 Å². The van der Waals surface area contributed by atoms with Crippen LogP contribution in [0.5, 0.6) is 0 Å². The zero-order chi connectivity index (χ0) is 25.6. The van der Waals surface area contributed by atoms with E-state index in [0.29, 0.717) is 34.5 Å². The number of halogens is 2. The summed E-state index contributed by atoms with van der Waals surface area (Å²) < 4.78 is 16.0. The highest BCUT2D eigenvalue weighted by Crippen LogP contribution is 2.35. The number of rotatable bonds is 5. The average molecular weight is 536 g/mol. The maximum absolute atomic E-state index is 13.6. The second-order valence-electron chi connectivity index (χ2n) is 9.18. The number of imidazole rings is 1. The first-order valence-electron chi connectivity index (χ1n) is 11.7. The summed E-state index contributed by atoms with van der Waals surface area (Å²) in [6.07, 6.45) is 6.69. The maximum Gasteiger partial charge on any atom is 0.183 e. The zero-order valence-corrected chi connectivity index (χ0v) is 21.3. The summed E-state index contributed by atoms with van der Waals surface area (Å²) in [5.41, 5.74) is 17.7. The van der Waals surface area contributed by atoms with E-state index in [1.807, 2.05) is 22.2 Å². The normalized spacial score (nSPS) is 18.0. The van der Waals surface area contributed by atoms with Crippen molar-refractivity contribution in [1.82, 2.24) is 29.5 Å². The van der Waals surface area contributed by atoms with Gasteiger partial charge in [0.15, 0.2) is 15.9 Å². The Bertz CT molecular complexity index is 1590. The fourth-order valence-electron chi connectivity index (χ4n) is 4.86. The van der Waals surface area contributed by atoms with Gasteiger partial charge in [-0.05, 0) is 48.7 Å². The van der Waals surface area contributed by atoms with E-state index in [2.05, 4.69) is 24.8 Å². The van der Waals surface area contributed by atoms with Crippen LogP contribution in [0.4, 0.5) is 15.9 Å². The van der Waals surface area contributed by atoms with Crippen molar-refractivity contribution in [3.8, 4) is 11.3 Å². The molecule has 0 saturated carbocycles. The fraction of sp³-hybridized carbons (Fsp3) is 0.240. The zero-order valence-electron chi connectivity index (χ0n) is 19.7. The van der Waals surface area contributed by atoms with Gasteiger partial charge in [-0.1, -0.05) is 11.6 Å². The van der Waals surface area contributed by atoms with Crippen molar-refractivity contribution < 1.29 is 4.39 Å². The molecule has 4 aromatic heterocycles. The van der Waals surface area contributed by atoms with Gasteiger partial charge in [0.2, 0.25) is 0 Å². The van der Waals surface area contributed by atoms with Crippen LogP contribution in [-0.2, 0) is 12.1 Å². The van der Waals surface area contributed by atoms with Crippen molar-refractivity contribution in [2.75, 3.05) is 23.7 Å². The molecule has 1 aliphatic heterocycles. The molecule has 9 nitrogen and oxygen atoms in total. The van der Waals surface area contributed by atoms with Crippen LogP contribution in [0.25, 0.3) is 22.4 Å². The summed E-state index contributed by atoms with van der Waals surface area (Å²) in [5, 5.41) is 1.93. The number of nitrogens with zero attached hydrogens (tertiary/aromatic N) is 7. The van der Waals surface area contributed by atoms with E-state index >= 15 is 0 Å². The molecule has 0 amide bonds. The number of hydrogen-bond donors (Lipinski definition) is 2. The molecule has 5 heterocycles. The van der Waals surface area contributed by atoms with Gasteiger partial charge in [-0.25, -0.2) is 24.3 Å². The lowest BCUT2D eigenvalue weighted by atomic mass is 9.87. The highest BCUT2D eigenvalue weighted by Gasteiger charge is 2.36. The Morgan fingerprint density at radius 1 is 1.14 bits per heavy atom. The minimum atomic E-state index is -0.627. The number of hydrogen-bond acceptors (Lipinski definition) is 9. The van der Waals surface area contributed by atoms with E-state index in [1.54, 1.807) is 18.5 Å². The molecule has 0 radical (unpaired) electrons. The van der Waals surface area contributed by atoms with Gasteiger partial charge in [0.1, 0.15) is 17.7 Å². The summed E-state index contributed by atoms with van der Waals surface area (Å²) in [7, 11) is 0. The molecule has 0 bridgehead atoms. The Labute approximate surface area is 221 Å². The Balaban J connectivity index is 1.41. The van der Waals surface area contributed by atoms with Crippen molar-refractivity contribution in [2.45, 2.75) is 24.9 Å². The molecule has 1 fully saturated rings. The molecular weight excluding hydrogens is 513 g/mol. The number of pyridine rings is 1. The van der Waals surface area contributed by atoms with Crippen molar-refractivity contribution in [3.05, 3.63) is 76.1 Å². The number of aromatic nitrogens is 6. The first-order valence-corrected chi connectivity index (χ1v) is 13.0. The largest absolute Gasteiger partial charge is 0.382 e. The molecule has 37 heavy (non-hydrogen) atoms. The Morgan fingerprint density at radius 3 is 2.76 bits per heavy atom. The summed E-state index contributed by atoms with van der Waals surface area (Å²) >= 11 is 7.51. The molecular formula is C25H23ClFN9S. The highest BCUT2D eigenvalue weighted by atomic mass is 35.5. The minimum absolute atomic E-state index is 0.294. The lowest BCUT2D eigenvalue weighted by molar-refractivity contribution is 0.346. The molecule has 1 aromatic carbocycles. The molecule has 6 rings (SSSR count). The van der Waals surface area contributed by atoms with E-state index in [1.165, 1.54) is 29.8 Å². The average Bonchev–Trinajstić information content (AvgIpc) is 3.52. The van der Waals surface area contributed by atoms with Crippen LogP contribution in [0.15, 0.2) is 54.6 Å². The third-order valence-corrected chi connectivity index (χ3v) is 7.71. The molecule has 5 aromatic rings. The highest BCUT2D eigenvalue weighted by molar-refractivity contribution is 7.14. The van der Waals surface area contributed by atoms with Crippen molar-refractivity contribution >= 4 is 45.6 Å². The van der Waals surface area contributed by atoms with Gasteiger partial charge < -0.3 is 20.9 Å². The van der Waals surface area contributed by atoms with Crippen LogP contribution in [0.3, 0.4) is 0 Å². The molecule has 188 valence electrons. The first-order chi connectivity index (χ1) is 17.9. The predicted octanol–water partition coefficient (Wildman–Crippen LogP) is 4.22. The number of anilines is 2. The maximum atomic E-state index is 13.6. The SMILES string of the molecule is Nc1ncnc2c1ncn2Cc1cc(-c2ccc(F)cc2)ncc1N1CCCC(N)(c2csc(Cl)n2)C1. The van der Waals surface area contributed by atoms with E-state index in [-0.39, 0.29) is 5.82 Å². The van der Waals surface area contributed by atoms with Crippen LogP contribution in [0, 0.1) is 5.82 Å². The van der Waals surface area contributed by atoms with Crippen LogP contribution < -0.4 is 16.4 Å². The van der Waals surface area contributed by atoms with Crippen LogP contribution in [-0.4, -0.2) is 42.6 Å². The van der Waals surface area contributed by atoms with E-state index in [9.17, 15) is 4.39 Å². The molecule has 4 N–H and O–H groups in total. The monoisotopic (exact) mass is 535 g/mol. The molecule has 0 spiro atoms.